The molecular weight excluding hydrogens is 405 g/mol. The smallest absolute Gasteiger partial charge is 0.422 e. The van der Waals surface area contributed by atoms with E-state index in [-0.39, 0.29) is 22.1 Å². The van der Waals surface area contributed by atoms with Crippen LogP contribution in [0.3, 0.4) is 0 Å². The van der Waals surface area contributed by atoms with Crippen LogP contribution in [0, 0.1) is 0 Å². The maximum atomic E-state index is 12.9. The van der Waals surface area contributed by atoms with Gasteiger partial charge in [-0.1, -0.05) is 11.6 Å². The van der Waals surface area contributed by atoms with Crippen molar-refractivity contribution in [1.29, 1.82) is 0 Å². The fourth-order valence-corrected chi connectivity index (χ4v) is 4.44. The molecule has 0 spiro atoms. The summed E-state index contributed by atoms with van der Waals surface area (Å²) in [4.78, 5) is 10.4. The summed E-state index contributed by atoms with van der Waals surface area (Å²) in [5.41, 5.74) is 0.599. The Morgan fingerprint density at radius 3 is 2.70 bits per heavy atom. The van der Waals surface area contributed by atoms with E-state index in [2.05, 4.69) is 20.0 Å². The molecule has 0 amide bonds. The Bertz CT molecular complexity index is 991. The molecule has 142 valence electrons. The lowest BCUT2D eigenvalue weighted by Gasteiger charge is -2.47. The number of fused-ring (bicyclic) bond motifs is 3. The Hall–Kier alpha value is -2.04. The number of alkyl halides is 3. The Balaban J connectivity index is 1.66. The summed E-state index contributed by atoms with van der Waals surface area (Å²) >= 11 is 7.43. The number of anilines is 1. The predicted octanol–water partition coefficient (Wildman–Crippen LogP) is 4.05. The van der Waals surface area contributed by atoms with Crippen molar-refractivity contribution in [3.8, 4) is 16.3 Å². The summed E-state index contributed by atoms with van der Waals surface area (Å²) < 4.78 is 48.7. The molecule has 3 fully saturated rings. The lowest BCUT2D eigenvalue weighted by atomic mass is 9.92. The molecule has 0 radical (unpaired) electrons. The summed E-state index contributed by atoms with van der Waals surface area (Å²) in [5.74, 6) is -0.560. The zero-order valence-electron chi connectivity index (χ0n) is 13.6. The van der Waals surface area contributed by atoms with E-state index in [4.69, 9.17) is 16.0 Å². The molecule has 6 nitrogen and oxygen atoms in total. The highest BCUT2D eigenvalue weighted by Gasteiger charge is 2.39. The summed E-state index contributed by atoms with van der Waals surface area (Å²) in [7, 11) is 0. The molecule has 6 rings (SSSR count). The van der Waals surface area contributed by atoms with Crippen molar-refractivity contribution in [1.82, 2.24) is 15.3 Å². The monoisotopic (exact) mass is 416 g/mol. The number of ether oxygens (including phenoxy) is 1. The number of oxazole rings is 1. The highest BCUT2D eigenvalue weighted by atomic mass is 35.5. The van der Waals surface area contributed by atoms with Gasteiger partial charge in [-0.15, -0.1) is 24.5 Å². The van der Waals surface area contributed by atoms with Crippen LogP contribution in [0.5, 0.6) is 5.75 Å². The zero-order chi connectivity index (χ0) is 18.8. The topological polar surface area (TPSA) is 63.4 Å². The van der Waals surface area contributed by atoms with Gasteiger partial charge in [0.25, 0.3) is 6.01 Å². The van der Waals surface area contributed by atoms with Crippen molar-refractivity contribution in [3.63, 3.8) is 0 Å². The first-order valence-corrected chi connectivity index (χ1v) is 9.43. The van der Waals surface area contributed by atoms with Gasteiger partial charge in [-0.25, -0.2) is 4.98 Å². The van der Waals surface area contributed by atoms with Crippen LogP contribution in [-0.2, 0) is 0 Å². The van der Waals surface area contributed by atoms with Crippen LogP contribution < -0.4 is 15.0 Å². The van der Waals surface area contributed by atoms with Gasteiger partial charge in [0.2, 0.25) is 0 Å². The summed E-state index contributed by atoms with van der Waals surface area (Å²) in [6, 6.07) is 2.31. The van der Waals surface area contributed by atoms with Crippen LogP contribution in [0.15, 0.2) is 22.1 Å². The van der Waals surface area contributed by atoms with Crippen LogP contribution >= 0.6 is 22.9 Å². The number of benzene rings is 1. The van der Waals surface area contributed by atoms with Crippen LogP contribution in [0.2, 0.25) is 5.02 Å². The molecule has 0 aliphatic carbocycles. The fraction of sp³-hybridized carbons (Fsp3) is 0.375. The average molecular weight is 417 g/mol. The number of halogens is 4. The number of thiazole rings is 1. The van der Waals surface area contributed by atoms with Gasteiger partial charge in [0.15, 0.2) is 16.8 Å². The number of piperazine rings is 1. The lowest BCUT2D eigenvalue weighted by molar-refractivity contribution is -0.274. The molecule has 27 heavy (non-hydrogen) atoms. The molecule has 3 aliphatic heterocycles. The van der Waals surface area contributed by atoms with E-state index >= 15 is 0 Å². The molecule has 5 heterocycles. The number of nitrogens with zero attached hydrogens (tertiary/aromatic N) is 3. The second-order valence-electron chi connectivity index (χ2n) is 6.50. The van der Waals surface area contributed by atoms with Gasteiger partial charge in [0.1, 0.15) is 5.01 Å². The van der Waals surface area contributed by atoms with Crippen LogP contribution in [0.4, 0.5) is 19.2 Å². The maximum absolute atomic E-state index is 12.9. The molecule has 11 heteroatoms. The molecule has 0 saturated carbocycles. The van der Waals surface area contributed by atoms with Gasteiger partial charge in [-0.3, -0.25) is 0 Å². The van der Waals surface area contributed by atoms with E-state index in [1.54, 1.807) is 11.6 Å². The largest absolute Gasteiger partial charge is 0.573 e. The van der Waals surface area contributed by atoms with Crippen molar-refractivity contribution >= 4 is 40.1 Å². The number of rotatable bonds is 3. The average Bonchev–Trinajstić information content (AvgIpc) is 3.25. The van der Waals surface area contributed by atoms with E-state index in [0.29, 0.717) is 35.7 Å². The molecular formula is C16H12ClF3N4O2S. The lowest BCUT2D eigenvalue weighted by Crippen LogP contribution is -2.67. The van der Waals surface area contributed by atoms with Crippen LogP contribution in [0.25, 0.3) is 21.7 Å². The number of aromatic nitrogens is 2. The number of hydrogen-bond donors (Lipinski definition) is 1. The van der Waals surface area contributed by atoms with E-state index in [1.807, 2.05) is 4.90 Å². The third kappa shape index (κ3) is 3.01. The third-order valence-corrected chi connectivity index (χ3v) is 5.72. The van der Waals surface area contributed by atoms with Crippen LogP contribution in [-0.4, -0.2) is 41.5 Å². The first-order valence-electron chi connectivity index (χ1n) is 8.17. The SMILES string of the molecule is FC(F)(F)Oc1c(Cl)cc(-c2nccs2)c2oc(N3CC4CC(C3)N4)nc12. The highest BCUT2D eigenvalue weighted by Crippen LogP contribution is 2.44. The second kappa shape index (κ2) is 5.98. The molecule has 2 bridgehead atoms. The minimum absolute atomic E-state index is 0.0627. The standard InChI is InChI=1S/C16H12ClF3N4O2S/c17-10-4-9(14-21-1-2-27-14)12-11(13(10)26-16(18,19)20)23-15(25-12)24-5-7-3-8(6-24)22-7/h1-2,4,7-8,22H,3,5-6H2. The van der Waals surface area contributed by atoms with E-state index in [0.717, 1.165) is 6.42 Å². The van der Waals surface area contributed by atoms with Crippen molar-refractivity contribution < 1.29 is 22.3 Å². The molecule has 2 aromatic heterocycles. The van der Waals surface area contributed by atoms with Gasteiger partial charge < -0.3 is 19.4 Å². The van der Waals surface area contributed by atoms with Gasteiger partial charge >= 0.3 is 6.36 Å². The van der Waals surface area contributed by atoms with Gasteiger partial charge in [-0.05, 0) is 12.5 Å². The molecule has 3 aliphatic rings. The number of piperidine rings is 1. The van der Waals surface area contributed by atoms with Crippen molar-refractivity contribution in [2.45, 2.75) is 24.9 Å². The third-order valence-electron chi connectivity index (χ3n) is 4.64. The van der Waals surface area contributed by atoms with E-state index < -0.39 is 12.1 Å². The molecule has 3 aromatic rings. The fourth-order valence-electron chi connectivity index (χ4n) is 3.55. The summed E-state index contributed by atoms with van der Waals surface area (Å²) in [5, 5.41) is 5.52. The van der Waals surface area contributed by atoms with Crippen LogP contribution in [0.1, 0.15) is 6.42 Å². The van der Waals surface area contributed by atoms with Crippen molar-refractivity contribution in [2.75, 3.05) is 18.0 Å². The normalized spacial score (nSPS) is 22.1. The second-order valence-corrected chi connectivity index (χ2v) is 7.80. The van der Waals surface area contributed by atoms with Gasteiger partial charge in [0, 0.05) is 36.8 Å². The quantitative estimate of drug-likeness (QED) is 0.695. The zero-order valence-corrected chi connectivity index (χ0v) is 15.2. The summed E-state index contributed by atoms with van der Waals surface area (Å²) in [6.07, 6.45) is -2.22. The predicted molar refractivity (Wildman–Crippen MR) is 94.4 cm³/mol. The highest BCUT2D eigenvalue weighted by molar-refractivity contribution is 7.13. The Morgan fingerprint density at radius 2 is 2.07 bits per heavy atom. The number of nitrogens with one attached hydrogen (secondary N) is 1. The minimum Gasteiger partial charge on any atom is -0.422 e. The molecule has 3 saturated heterocycles. The van der Waals surface area contributed by atoms with Gasteiger partial charge in [-0.2, -0.15) is 4.98 Å². The first kappa shape index (κ1) is 17.1. The first-order chi connectivity index (χ1) is 12.9. The molecule has 1 N–H and O–H groups in total. The maximum Gasteiger partial charge on any atom is 0.573 e. The molecule has 1 aromatic carbocycles. The number of hydrogen-bond acceptors (Lipinski definition) is 7. The Kier molecular flexibility index (Phi) is 3.78. The van der Waals surface area contributed by atoms with Crippen molar-refractivity contribution in [3.05, 3.63) is 22.7 Å². The Morgan fingerprint density at radius 1 is 1.33 bits per heavy atom. The molecule has 2 unspecified atom stereocenters. The molecule has 2 atom stereocenters. The Labute approximate surface area is 159 Å². The minimum atomic E-state index is -4.89. The van der Waals surface area contributed by atoms with Crippen molar-refractivity contribution in [2.24, 2.45) is 0 Å². The summed E-state index contributed by atoms with van der Waals surface area (Å²) in [6.45, 7) is 1.36. The van der Waals surface area contributed by atoms with Gasteiger partial charge in [0.05, 0.1) is 10.6 Å². The van der Waals surface area contributed by atoms with E-state index in [9.17, 15) is 13.2 Å². The van der Waals surface area contributed by atoms with E-state index in [1.165, 1.54) is 17.4 Å².